The van der Waals surface area contributed by atoms with E-state index in [0.29, 0.717) is 36.5 Å². The van der Waals surface area contributed by atoms with Gasteiger partial charge in [-0.15, -0.1) is 0 Å². The highest BCUT2D eigenvalue weighted by Crippen LogP contribution is 2.38. The molecule has 34 heavy (non-hydrogen) atoms. The maximum atomic E-state index is 12.7. The third kappa shape index (κ3) is 4.48. The molecule has 0 N–H and O–H groups in total. The number of fused-ring (bicyclic) bond motifs is 1. The van der Waals surface area contributed by atoms with Gasteiger partial charge in [0.05, 0.1) is 23.3 Å². The van der Waals surface area contributed by atoms with Crippen molar-refractivity contribution < 1.29 is 9.53 Å². The number of rotatable bonds is 6. The number of aromatic nitrogens is 1. The Balaban J connectivity index is 1.79. The molecule has 0 bridgehead atoms. The molecule has 0 aliphatic heterocycles. The van der Waals surface area contributed by atoms with Crippen molar-refractivity contribution in [2.45, 2.75) is 20.4 Å². The highest BCUT2D eigenvalue weighted by molar-refractivity contribution is 5.99. The molecule has 4 rings (SSSR count). The van der Waals surface area contributed by atoms with Crippen molar-refractivity contribution in [1.82, 2.24) is 9.47 Å². The third-order valence-corrected chi connectivity index (χ3v) is 5.87. The van der Waals surface area contributed by atoms with Gasteiger partial charge in [0.15, 0.2) is 0 Å². The number of hydrogen-bond donors (Lipinski definition) is 0. The zero-order valence-corrected chi connectivity index (χ0v) is 19.2. The molecule has 6 nitrogen and oxygen atoms in total. The number of amides is 1. The number of carbonyl (C=O) groups excluding carboxylic acids is 1. The highest BCUT2D eigenvalue weighted by Gasteiger charge is 2.19. The SMILES string of the molecule is CCN(CC)C(=O)Oc1ccc2c(ccn2Cc2ccc(C#N)cc2)c1-c1ccc(C#N)cc1. The van der Waals surface area contributed by atoms with Gasteiger partial charge >= 0.3 is 6.09 Å². The van der Waals surface area contributed by atoms with Gasteiger partial charge in [-0.25, -0.2) is 4.79 Å². The molecular weight excluding hydrogens is 424 g/mol. The Morgan fingerprint density at radius 2 is 1.50 bits per heavy atom. The first-order valence-electron chi connectivity index (χ1n) is 11.2. The van der Waals surface area contributed by atoms with E-state index in [1.165, 1.54) is 0 Å². The summed E-state index contributed by atoms with van der Waals surface area (Å²) < 4.78 is 7.97. The summed E-state index contributed by atoms with van der Waals surface area (Å²) in [6.07, 6.45) is 1.61. The number of nitriles is 2. The predicted octanol–water partition coefficient (Wildman–Crippen LogP) is 5.94. The van der Waals surface area contributed by atoms with Crippen LogP contribution in [0.25, 0.3) is 22.0 Å². The molecule has 0 fully saturated rings. The highest BCUT2D eigenvalue weighted by atomic mass is 16.6. The Hall–Kier alpha value is -4.55. The van der Waals surface area contributed by atoms with Crippen LogP contribution in [-0.4, -0.2) is 28.6 Å². The summed E-state index contributed by atoms with van der Waals surface area (Å²) in [6.45, 7) is 5.59. The van der Waals surface area contributed by atoms with Crippen molar-refractivity contribution >= 4 is 17.0 Å². The first-order chi connectivity index (χ1) is 16.6. The Kier molecular flexibility index (Phi) is 6.62. The summed E-state index contributed by atoms with van der Waals surface area (Å²) in [5.41, 5.74) is 4.93. The quantitative estimate of drug-likeness (QED) is 0.365. The lowest BCUT2D eigenvalue weighted by molar-refractivity contribution is 0.157. The Labute approximate surface area is 198 Å². The Morgan fingerprint density at radius 3 is 2.09 bits per heavy atom. The average Bonchev–Trinajstić information content (AvgIpc) is 3.27. The molecule has 0 radical (unpaired) electrons. The Morgan fingerprint density at radius 1 is 0.882 bits per heavy atom. The van der Waals surface area contributed by atoms with E-state index in [4.69, 9.17) is 10.00 Å². The number of carbonyl (C=O) groups is 1. The molecule has 0 saturated heterocycles. The van der Waals surface area contributed by atoms with Crippen LogP contribution in [0.4, 0.5) is 4.79 Å². The van der Waals surface area contributed by atoms with Gasteiger partial charge in [-0.05, 0) is 67.4 Å². The molecule has 3 aromatic carbocycles. The van der Waals surface area contributed by atoms with E-state index >= 15 is 0 Å². The molecular formula is C28H24N4O2. The van der Waals surface area contributed by atoms with Gasteiger partial charge in [-0.1, -0.05) is 24.3 Å². The van der Waals surface area contributed by atoms with E-state index in [0.717, 1.165) is 27.6 Å². The summed E-state index contributed by atoms with van der Waals surface area (Å²) in [6, 6.07) is 24.9. The minimum atomic E-state index is -0.392. The lowest BCUT2D eigenvalue weighted by Gasteiger charge is -2.20. The first kappa shape index (κ1) is 22.6. The van der Waals surface area contributed by atoms with Crippen molar-refractivity contribution in [3.05, 3.63) is 89.6 Å². The fraction of sp³-hybridized carbons (Fsp3) is 0.179. The molecule has 1 heterocycles. The summed E-state index contributed by atoms with van der Waals surface area (Å²) in [4.78, 5) is 14.4. The summed E-state index contributed by atoms with van der Waals surface area (Å²) >= 11 is 0. The van der Waals surface area contributed by atoms with E-state index in [9.17, 15) is 10.1 Å². The molecule has 168 valence electrons. The molecule has 0 atom stereocenters. The second kappa shape index (κ2) is 9.94. The summed E-state index contributed by atoms with van der Waals surface area (Å²) in [5.74, 6) is 0.477. The van der Waals surface area contributed by atoms with E-state index in [1.54, 1.807) is 17.0 Å². The van der Waals surface area contributed by atoms with Crippen LogP contribution in [0.2, 0.25) is 0 Å². The van der Waals surface area contributed by atoms with Crippen LogP contribution in [0.5, 0.6) is 5.75 Å². The number of nitrogens with zero attached hydrogens (tertiary/aromatic N) is 4. The van der Waals surface area contributed by atoms with Gasteiger partial charge in [0.2, 0.25) is 0 Å². The first-order valence-corrected chi connectivity index (χ1v) is 11.2. The van der Waals surface area contributed by atoms with Gasteiger partial charge in [-0.2, -0.15) is 10.5 Å². The minimum absolute atomic E-state index is 0.392. The van der Waals surface area contributed by atoms with Crippen molar-refractivity contribution in [1.29, 1.82) is 10.5 Å². The second-order valence-corrected chi connectivity index (χ2v) is 7.85. The third-order valence-electron chi connectivity index (χ3n) is 5.87. The molecule has 1 aromatic heterocycles. The van der Waals surface area contributed by atoms with E-state index < -0.39 is 6.09 Å². The van der Waals surface area contributed by atoms with Crippen molar-refractivity contribution in [2.24, 2.45) is 0 Å². The normalized spacial score (nSPS) is 10.5. The van der Waals surface area contributed by atoms with Gasteiger partial charge in [0, 0.05) is 42.3 Å². The fourth-order valence-electron chi connectivity index (χ4n) is 4.01. The number of hydrogen-bond acceptors (Lipinski definition) is 4. The number of ether oxygens (including phenoxy) is 1. The van der Waals surface area contributed by atoms with Crippen LogP contribution in [0.15, 0.2) is 72.9 Å². The molecule has 0 unspecified atom stereocenters. The molecule has 0 aliphatic carbocycles. The van der Waals surface area contributed by atoms with E-state index in [1.807, 2.05) is 74.6 Å². The van der Waals surface area contributed by atoms with Crippen molar-refractivity contribution in [2.75, 3.05) is 13.1 Å². The maximum absolute atomic E-state index is 12.7. The van der Waals surface area contributed by atoms with Crippen molar-refractivity contribution in [3.8, 4) is 29.0 Å². The van der Waals surface area contributed by atoms with Gasteiger partial charge in [0.25, 0.3) is 0 Å². The standard InChI is InChI=1S/C28H24N4O2/c1-3-31(4-2)28(33)34-26-14-13-25-24(27(26)23-11-9-21(18-30)10-12-23)15-16-32(25)19-22-7-5-20(17-29)6-8-22/h5-16H,3-4,19H2,1-2H3. The van der Waals surface area contributed by atoms with E-state index in [2.05, 4.69) is 16.7 Å². The van der Waals surface area contributed by atoms with Crippen LogP contribution in [0.3, 0.4) is 0 Å². The lowest BCUT2D eigenvalue weighted by Crippen LogP contribution is -2.33. The smallest absolute Gasteiger partial charge is 0.410 e. The number of benzene rings is 3. The second-order valence-electron chi connectivity index (χ2n) is 7.85. The van der Waals surface area contributed by atoms with Crippen LogP contribution in [0.1, 0.15) is 30.5 Å². The average molecular weight is 449 g/mol. The minimum Gasteiger partial charge on any atom is -0.410 e. The summed E-state index contributed by atoms with van der Waals surface area (Å²) in [7, 11) is 0. The zero-order chi connectivity index (χ0) is 24.1. The Bertz CT molecular complexity index is 1400. The van der Waals surface area contributed by atoms with E-state index in [-0.39, 0.29) is 0 Å². The van der Waals surface area contributed by atoms with Crippen LogP contribution < -0.4 is 4.74 Å². The van der Waals surface area contributed by atoms with Gasteiger partial charge in [0.1, 0.15) is 5.75 Å². The van der Waals surface area contributed by atoms with Crippen LogP contribution >= 0.6 is 0 Å². The summed E-state index contributed by atoms with van der Waals surface area (Å²) in [5, 5.41) is 19.2. The zero-order valence-electron chi connectivity index (χ0n) is 19.2. The van der Waals surface area contributed by atoms with Crippen LogP contribution in [0, 0.1) is 22.7 Å². The molecule has 4 aromatic rings. The topological polar surface area (TPSA) is 82.0 Å². The molecule has 6 heteroatoms. The molecule has 0 aliphatic rings. The molecule has 0 spiro atoms. The molecule has 0 saturated carbocycles. The fourth-order valence-corrected chi connectivity index (χ4v) is 4.01. The largest absolute Gasteiger partial charge is 0.415 e. The monoisotopic (exact) mass is 448 g/mol. The van der Waals surface area contributed by atoms with Crippen LogP contribution in [-0.2, 0) is 6.54 Å². The molecule has 1 amide bonds. The lowest BCUT2D eigenvalue weighted by atomic mass is 9.99. The predicted molar refractivity (Wildman–Crippen MR) is 131 cm³/mol. The maximum Gasteiger partial charge on any atom is 0.415 e. The van der Waals surface area contributed by atoms with Crippen molar-refractivity contribution in [3.63, 3.8) is 0 Å². The van der Waals surface area contributed by atoms with Gasteiger partial charge < -0.3 is 14.2 Å². The van der Waals surface area contributed by atoms with Gasteiger partial charge in [-0.3, -0.25) is 0 Å².